The van der Waals surface area contributed by atoms with E-state index in [2.05, 4.69) is 6.92 Å². The average molecular weight is 284 g/mol. The summed E-state index contributed by atoms with van der Waals surface area (Å²) in [7, 11) is 0. The highest BCUT2D eigenvalue weighted by Crippen LogP contribution is 2.38. The third-order valence-corrected chi connectivity index (χ3v) is 4.54. The van der Waals surface area contributed by atoms with Crippen molar-refractivity contribution in [2.75, 3.05) is 0 Å². The molecule has 0 unspecified atom stereocenters. The second-order valence-corrected chi connectivity index (χ2v) is 6.01. The Hall–Kier alpha value is -0.990. The van der Waals surface area contributed by atoms with Gasteiger partial charge in [0.2, 0.25) is 0 Å². The summed E-state index contributed by atoms with van der Waals surface area (Å²) in [5, 5.41) is 0. The maximum absolute atomic E-state index is 13.3. The average Bonchev–Trinajstić information content (AvgIpc) is 2.45. The summed E-state index contributed by atoms with van der Waals surface area (Å²) in [6.07, 6.45) is 9.24. The minimum absolute atomic E-state index is 0.182. The summed E-state index contributed by atoms with van der Waals surface area (Å²) in [5.41, 5.74) is 0.619. The van der Waals surface area contributed by atoms with Crippen LogP contribution < -0.4 is 0 Å². The molecule has 20 heavy (non-hydrogen) atoms. The van der Waals surface area contributed by atoms with E-state index in [1.54, 1.807) is 0 Å². The number of benzene rings is 1. The lowest BCUT2D eigenvalue weighted by Crippen LogP contribution is -2.14. The van der Waals surface area contributed by atoms with E-state index in [-0.39, 0.29) is 5.92 Å². The first-order chi connectivity index (χ1) is 9.61. The standard InChI is InChI=1S/C17H23F3/c1-2-3-4-5-12-6-8-13(9-7-12)14-10-15(18)17(20)16(19)11-14/h10-13H,2-9H2,1H3/t12-,13-. The highest BCUT2D eigenvalue weighted by molar-refractivity contribution is 5.23. The van der Waals surface area contributed by atoms with Crippen LogP contribution in [0.4, 0.5) is 13.2 Å². The Balaban J connectivity index is 1.90. The molecule has 3 heteroatoms. The molecular formula is C17H23F3. The molecule has 0 spiro atoms. The van der Waals surface area contributed by atoms with Crippen molar-refractivity contribution >= 4 is 0 Å². The number of unbranched alkanes of at least 4 members (excludes halogenated alkanes) is 2. The van der Waals surface area contributed by atoms with Crippen molar-refractivity contribution < 1.29 is 13.2 Å². The van der Waals surface area contributed by atoms with Gasteiger partial charge in [-0.05, 0) is 55.2 Å². The van der Waals surface area contributed by atoms with E-state index in [0.29, 0.717) is 5.56 Å². The summed E-state index contributed by atoms with van der Waals surface area (Å²) in [5.74, 6) is -2.55. The van der Waals surface area contributed by atoms with Crippen LogP contribution in [0.2, 0.25) is 0 Å². The van der Waals surface area contributed by atoms with E-state index in [1.807, 2.05) is 0 Å². The van der Waals surface area contributed by atoms with Crippen LogP contribution in [0.5, 0.6) is 0 Å². The van der Waals surface area contributed by atoms with E-state index in [1.165, 1.54) is 37.8 Å². The highest BCUT2D eigenvalue weighted by Gasteiger charge is 2.24. The van der Waals surface area contributed by atoms with Crippen LogP contribution >= 0.6 is 0 Å². The fraction of sp³-hybridized carbons (Fsp3) is 0.647. The molecule has 1 fully saturated rings. The molecule has 1 saturated carbocycles. The highest BCUT2D eigenvalue weighted by atomic mass is 19.2. The Morgan fingerprint density at radius 2 is 1.55 bits per heavy atom. The molecular weight excluding hydrogens is 261 g/mol. The summed E-state index contributed by atoms with van der Waals surface area (Å²) < 4.78 is 39.5. The van der Waals surface area contributed by atoms with Crippen molar-refractivity contribution in [3.8, 4) is 0 Å². The molecule has 0 atom stereocenters. The van der Waals surface area contributed by atoms with Crippen LogP contribution in [0, 0.1) is 23.4 Å². The summed E-state index contributed by atoms with van der Waals surface area (Å²) in [6, 6.07) is 2.33. The first-order valence-electron chi connectivity index (χ1n) is 7.76. The Morgan fingerprint density at radius 1 is 0.950 bits per heavy atom. The fourth-order valence-corrected chi connectivity index (χ4v) is 3.28. The largest absolute Gasteiger partial charge is 0.204 e. The first kappa shape index (κ1) is 15.4. The Kier molecular flexibility index (Phi) is 5.50. The quantitative estimate of drug-likeness (QED) is 0.462. The van der Waals surface area contributed by atoms with Crippen LogP contribution in [0.25, 0.3) is 0 Å². The van der Waals surface area contributed by atoms with Crippen molar-refractivity contribution in [2.24, 2.45) is 5.92 Å². The van der Waals surface area contributed by atoms with Gasteiger partial charge in [-0.1, -0.05) is 32.6 Å². The van der Waals surface area contributed by atoms with E-state index >= 15 is 0 Å². The van der Waals surface area contributed by atoms with Crippen molar-refractivity contribution in [3.05, 3.63) is 35.1 Å². The van der Waals surface area contributed by atoms with Crippen LogP contribution in [0.3, 0.4) is 0 Å². The van der Waals surface area contributed by atoms with Gasteiger partial charge in [-0.15, -0.1) is 0 Å². The van der Waals surface area contributed by atoms with Gasteiger partial charge in [0, 0.05) is 0 Å². The van der Waals surface area contributed by atoms with E-state index in [9.17, 15) is 13.2 Å². The number of rotatable bonds is 5. The second-order valence-electron chi connectivity index (χ2n) is 6.01. The van der Waals surface area contributed by atoms with Crippen LogP contribution in [-0.2, 0) is 0 Å². The molecule has 0 N–H and O–H groups in total. The molecule has 0 bridgehead atoms. The van der Waals surface area contributed by atoms with E-state index in [0.717, 1.165) is 31.6 Å². The third-order valence-electron chi connectivity index (χ3n) is 4.54. The van der Waals surface area contributed by atoms with Crippen LogP contribution in [0.15, 0.2) is 12.1 Å². The minimum atomic E-state index is -1.36. The van der Waals surface area contributed by atoms with Crippen molar-refractivity contribution in [3.63, 3.8) is 0 Å². The van der Waals surface area contributed by atoms with Crippen LogP contribution in [0.1, 0.15) is 69.8 Å². The molecule has 0 saturated heterocycles. The minimum Gasteiger partial charge on any atom is -0.204 e. The molecule has 1 aromatic rings. The van der Waals surface area contributed by atoms with Gasteiger partial charge in [0.25, 0.3) is 0 Å². The number of hydrogen-bond donors (Lipinski definition) is 0. The monoisotopic (exact) mass is 284 g/mol. The molecule has 0 aliphatic heterocycles. The first-order valence-corrected chi connectivity index (χ1v) is 7.76. The lowest BCUT2D eigenvalue weighted by molar-refractivity contribution is 0.301. The van der Waals surface area contributed by atoms with Gasteiger partial charge in [-0.3, -0.25) is 0 Å². The Bertz CT molecular complexity index is 411. The summed E-state index contributed by atoms with van der Waals surface area (Å²) in [6.45, 7) is 2.20. The number of halogens is 3. The predicted molar refractivity (Wildman–Crippen MR) is 75.2 cm³/mol. The van der Waals surface area contributed by atoms with Gasteiger partial charge >= 0.3 is 0 Å². The molecule has 2 rings (SSSR count). The van der Waals surface area contributed by atoms with Gasteiger partial charge in [-0.25, -0.2) is 13.2 Å². The number of hydrogen-bond acceptors (Lipinski definition) is 0. The zero-order valence-electron chi connectivity index (χ0n) is 12.1. The zero-order chi connectivity index (χ0) is 14.5. The molecule has 1 aliphatic carbocycles. The third kappa shape index (κ3) is 3.77. The van der Waals surface area contributed by atoms with Gasteiger partial charge in [0.15, 0.2) is 17.5 Å². The SMILES string of the molecule is CCCCC[C@H]1CC[C@H](c2cc(F)c(F)c(F)c2)CC1. The molecule has 112 valence electrons. The lowest BCUT2D eigenvalue weighted by atomic mass is 9.77. The maximum Gasteiger partial charge on any atom is 0.194 e. The molecule has 0 heterocycles. The van der Waals surface area contributed by atoms with Crippen molar-refractivity contribution in [1.29, 1.82) is 0 Å². The van der Waals surface area contributed by atoms with Gasteiger partial charge in [0.1, 0.15) is 0 Å². The predicted octanol–water partition coefficient (Wildman–Crippen LogP) is 5.96. The van der Waals surface area contributed by atoms with Gasteiger partial charge in [-0.2, -0.15) is 0 Å². The molecule has 0 amide bonds. The fourth-order valence-electron chi connectivity index (χ4n) is 3.28. The van der Waals surface area contributed by atoms with Gasteiger partial charge < -0.3 is 0 Å². The molecule has 0 radical (unpaired) electrons. The molecule has 1 aromatic carbocycles. The molecule has 0 aromatic heterocycles. The zero-order valence-corrected chi connectivity index (χ0v) is 12.1. The lowest BCUT2D eigenvalue weighted by Gasteiger charge is -2.29. The summed E-state index contributed by atoms with van der Waals surface area (Å²) >= 11 is 0. The van der Waals surface area contributed by atoms with Crippen molar-refractivity contribution in [1.82, 2.24) is 0 Å². The van der Waals surface area contributed by atoms with E-state index < -0.39 is 17.5 Å². The molecule has 0 nitrogen and oxygen atoms in total. The molecule has 1 aliphatic rings. The topological polar surface area (TPSA) is 0 Å². The van der Waals surface area contributed by atoms with Crippen LogP contribution in [-0.4, -0.2) is 0 Å². The van der Waals surface area contributed by atoms with Gasteiger partial charge in [0.05, 0.1) is 0 Å². The summed E-state index contributed by atoms with van der Waals surface area (Å²) in [4.78, 5) is 0. The normalized spacial score (nSPS) is 23.0. The maximum atomic E-state index is 13.3. The Morgan fingerprint density at radius 3 is 2.10 bits per heavy atom. The second kappa shape index (κ2) is 7.14. The smallest absolute Gasteiger partial charge is 0.194 e. The van der Waals surface area contributed by atoms with Crippen molar-refractivity contribution in [2.45, 2.75) is 64.2 Å². The Labute approximate surface area is 119 Å². The van der Waals surface area contributed by atoms with E-state index in [4.69, 9.17) is 0 Å².